The van der Waals surface area contributed by atoms with Crippen molar-refractivity contribution in [3.05, 3.63) is 75.7 Å². The van der Waals surface area contributed by atoms with Crippen molar-refractivity contribution in [2.75, 3.05) is 18.5 Å². The Hall–Kier alpha value is -3.42. The first-order chi connectivity index (χ1) is 14.4. The Labute approximate surface area is 172 Å². The fraction of sp³-hybridized carbons (Fsp3) is 0.273. The first-order valence-corrected chi connectivity index (χ1v) is 9.59. The van der Waals surface area contributed by atoms with Crippen LogP contribution >= 0.6 is 0 Å². The number of aromatic nitrogens is 2. The predicted molar refractivity (Wildman–Crippen MR) is 108 cm³/mol. The van der Waals surface area contributed by atoms with Crippen molar-refractivity contribution < 1.29 is 18.3 Å². The van der Waals surface area contributed by atoms with E-state index in [9.17, 15) is 13.6 Å². The molecule has 0 unspecified atom stereocenters. The van der Waals surface area contributed by atoms with E-state index >= 15 is 0 Å². The molecule has 3 aromatic rings. The number of anilines is 1. The first kappa shape index (κ1) is 19.9. The second kappa shape index (κ2) is 8.14. The zero-order chi connectivity index (χ0) is 21.3. The number of fused-ring (bicyclic) bond motifs is 1. The van der Waals surface area contributed by atoms with Crippen LogP contribution in [0.2, 0.25) is 0 Å². The number of rotatable bonds is 5. The number of hydrogen-bond acceptors (Lipinski definition) is 5. The van der Waals surface area contributed by atoms with E-state index in [0.717, 1.165) is 30.7 Å². The average Bonchev–Trinajstić information content (AvgIpc) is 2.71. The normalized spacial score (nSPS) is 13.1. The molecule has 1 aliphatic heterocycles. The Morgan fingerprint density at radius 3 is 2.47 bits per heavy atom. The average molecular weight is 413 g/mol. The maximum atomic E-state index is 14.4. The molecule has 0 fully saturated rings. The minimum atomic E-state index is -0.840. The van der Waals surface area contributed by atoms with Crippen molar-refractivity contribution in [3.8, 4) is 17.4 Å². The third-order valence-corrected chi connectivity index (χ3v) is 4.92. The van der Waals surface area contributed by atoms with Crippen molar-refractivity contribution in [2.45, 2.75) is 26.5 Å². The quantitative estimate of drug-likeness (QED) is 0.632. The lowest BCUT2D eigenvalue weighted by Crippen LogP contribution is -2.36. The van der Waals surface area contributed by atoms with Gasteiger partial charge in [-0.05, 0) is 43.2 Å². The zero-order valence-electron chi connectivity index (χ0n) is 16.7. The lowest BCUT2D eigenvalue weighted by Gasteiger charge is -2.28. The van der Waals surface area contributed by atoms with Crippen molar-refractivity contribution >= 4 is 5.82 Å². The fourth-order valence-corrected chi connectivity index (χ4v) is 3.33. The van der Waals surface area contributed by atoms with Gasteiger partial charge in [-0.15, -0.1) is 0 Å². The number of ether oxygens (including phenoxy) is 2. The Morgan fingerprint density at radius 2 is 1.77 bits per heavy atom. The highest BCUT2D eigenvalue weighted by molar-refractivity contribution is 5.43. The fourth-order valence-electron chi connectivity index (χ4n) is 3.33. The summed E-state index contributed by atoms with van der Waals surface area (Å²) in [5.41, 5.74) is 0.861. The molecule has 0 aliphatic carbocycles. The highest BCUT2D eigenvalue weighted by Gasteiger charge is 2.18. The maximum absolute atomic E-state index is 14.4. The summed E-state index contributed by atoms with van der Waals surface area (Å²) in [5.74, 6) is -1.00. The Bertz CT molecular complexity index is 1110. The van der Waals surface area contributed by atoms with Crippen molar-refractivity contribution in [3.63, 3.8) is 0 Å². The van der Waals surface area contributed by atoms with E-state index in [1.54, 1.807) is 34.9 Å². The minimum absolute atomic E-state index is 0.112. The van der Waals surface area contributed by atoms with E-state index in [-0.39, 0.29) is 18.1 Å². The van der Waals surface area contributed by atoms with Gasteiger partial charge in [0.1, 0.15) is 18.2 Å². The molecule has 8 heteroatoms. The van der Waals surface area contributed by atoms with Gasteiger partial charge in [-0.3, -0.25) is 4.57 Å². The molecule has 1 aliphatic rings. The highest BCUT2D eigenvalue weighted by atomic mass is 19.1. The Kier molecular flexibility index (Phi) is 5.39. The summed E-state index contributed by atoms with van der Waals surface area (Å²) in [6, 6.07) is 10.8. The third-order valence-electron chi connectivity index (χ3n) is 4.92. The van der Waals surface area contributed by atoms with Gasteiger partial charge < -0.3 is 14.4 Å². The maximum Gasteiger partial charge on any atom is 0.352 e. The molecule has 0 radical (unpaired) electrons. The summed E-state index contributed by atoms with van der Waals surface area (Å²) in [7, 11) is 1.88. The molecule has 4 rings (SSSR count). The van der Waals surface area contributed by atoms with Gasteiger partial charge in [0.15, 0.2) is 17.4 Å². The van der Waals surface area contributed by atoms with Gasteiger partial charge in [-0.2, -0.15) is 4.98 Å². The summed E-state index contributed by atoms with van der Waals surface area (Å²) >= 11 is 0. The molecule has 0 bridgehead atoms. The third kappa shape index (κ3) is 4.12. The molecule has 2 heterocycles. The molecule has 0 amide bonds. The summed E-state index contributed by atoms with van der Waals surface area (Å²) in [5, 5.41) is 0. The Balaban J connectivity index is 1.51. The molecule has 0 spiro atoms. The molecule has 0 atom stereocenters. The number of aryl methyl sites for hydroxylation is 1. The predicted octanol–water partition coefficient (Wildman–Crippen LogP) is 4.04. The van der Waals surface area contributed by atoms with E-state index in [0.29, 0.717) is 18.1 Å². The van der Waals surface area contributed by atoms with Crippen LogP contribution in [0.3, 0.4) is 0 Å². The summed E-state index contributed by atoms with van der Waals surface area (Å²) < 4.78 is 41.4. The van der Waals surface area contributed by atoms with Crippen LogP contribution < -0.4 is 20.1 Å². The standard InChI is InChI=1S/C22H21F2N3O3/c1-14-4-6-16(7-5-14)30-21-17(23)10-15(11-18(21)24)13-29-19-12-20-26(2)8-3-9-27(20)22(28)25-19/h4-7,10-12H,3,8-9,13H2,1-2H3. The highest BCUT2D eigenvalue weighted by Crippen LogP contribution is 2.29. The number of benzene rings is 2. The molecule has 1 aromatic heterocycles. The van der Waals surface area contributed by atoms with Gasteiger partial charge in [0.05, 0.1) is 0 Å². The van der Waals surface area contributed by atoms with Crippen LogP contribution in [0, 0.1) is 18.6 Å². The van der Waals surface area contributed by atoms with Gasteiger partial charge in [-0.1, -0.05) is 17.7 Å². The largest absolute Gasteiger partial charge is 0.473 e. The van der Waals surface area contributed by atoms with E-state index in [1.165, 1.54) is 0 Å². The lowest BCUT2D eigenvalue weighted by atomic mass is 10.2. The van der Waals surface area contributed by atoms with Crippen LogP contribution in [-0.2, 0) is 13.2 Å². The molecule has 6 nitrogen and oxygen atoms in total. The number of hydrogen-bond donors (Lipinski definition) is 0. The molecule has 30 heavy (non-hydrogen) atoms. The molecule has 0 saturated carbocycles. The molecule has 2 aromatic carbocycles. The topological polar surface area (TPSA) is 56.6 Å². The van der Waals surface area contributed by atoms with Gasteiger partial charge in [0, 0.05) is 26.2 Å². The minimum Gasteiger partial charge on any atom is -0.473 e. The van der Waals surface area contributed by atoms with Crippen LogP contribution in [0.1, 0.15) is 17.5 Å². The second-order valence-corrected chi connectivity index (χ2v) is 7.25. The van der Waals surface area contributed by atoms with Crippen LogP contribution in [0.5, 0.6) is 17.4 Å². The smallest absolute Gasteiger partial charge is 0.352 e. The van der Waals surface area contributed by atoms with Gasteiger partial charge in [-0.25, -0.2) is 13.6 Å². The van der Waals surface area contributed by atoms with Crippen molar-refractivity contribution in [1.82, 2.24) is 9.55 Å². The van der Waals surface area contributed by atoms with Crippen molar-refractivity contribution in [1.29, 1.82) is 0 Å². The summed E-state index contributed by atoms with van der Waals surface area (Å²) in [6.07, 6.45) is 0.862. The van der Waals surface area contributed by atoms with Crippen LogP contribution in [0.15, 0.2) is 47.3 Å². The van der Waals surface area contributed by atoms with E-state index in [4.69, 9.17) is 9.47 Å². The molecule has 0 N–H and O–H groups in total. The van der Waals surface area contributed by atoms with E-state index in [1.807, 2.05) is 18.9 Å². The zero-order valence-corrected chi connectivity index (χ0v) is 16.7. The monoisotopic (exact) mass is 413 g/mol. The Morgan fingerprint density at radius 1 is 1.07 bits per heavy atom. The SMILES string of the molecule is Cc1ccc(Oc2c(F)cc(COc3cc4n(c(=O)n3)CCCN4C)cc2F)cc1. The number of halogens is 2. The summed E-state index contributed by atoms with van der Waals surface area (Å²) in [4.78, 5) is 18.0. The molecular weight excluding hydrogens is 392 g/mol. The van der Waals surface area contributed by atoms with Gasteiger partial charge in [0.2, 0.25) is 5.88 Å². The number of nitrogens with zero attached hydrogens (tertiary/aromatic N) is 3. The summed E-state index contributed by atoms with van der Waals surface area (Å²) in [6.45, 7) is 3.19. The first-order valence-electron chi connectivity index (χ1n) is 9.59. The van der Waals surface area contributed by atoms with Crippen LogP contribution in [0.25, 0.3) is 0 Å². The lowest BCUT2D eigenvalue weighted by molar-refractivity contribution is 0.288. The van der Waals surface area contributed by atoms with Crippen LogP contribution in [0.4, 0.5) is 14.6 Å². The molecular formula is C22H21F2N3O3. The molecule has 0 saturated heterocycles. The van der Waals surface area contributed by atoms with E-state index < -0.39 is 23.1 Å². The molecule has 156 valence electrons. The van der Waals surface area contributed by atoms with Crippen LogP contribution in [-0.4, -0.2) is 23.1 Å². The van der Waals surface area contributed by atoms with Gasteiger partial charge >= 0.3 is 5.69 Å². The van der Waals surface area contributed by atoms with E-state index in [2.05, 4.69) is 4.98 Å². The van der Waals surface area contributed by atoms with Gasteiger partial charge in [0.25, 0.3) is 0 Å². The second-order valence-electron chi connectivity index (χ2n) is 7.25. The van der Waals surface area contributed by atoms with Crippen molar-refractivity contribution in [2.24, 2.45) is 0 Å².